The lowest BCUT2D eigenvalue weighted by Gasteiger charge is -2.10. The zero-order chi connectivity index (χ0) is 23.4. The van der Waals surface area contributed by atoms with Gasteiger partial charge in [-0.1, -0.05) is 41.9 Å². The summed E-state index contributed by atoms with van der Waals surface area (Å²) in [5.74, 6) is -1.01. The molecular weight excluding hydrogens is 438 g/mol. The number of amides is 2. The van der Waals surface area contributed by atoms with Crippen molar-refractivity contribution in [3.8, 4) is 0 Å². The molecule has 4 rings (SSSR count). The molecule has 0 saturated heterocycles. The summed E-state index contributed by atoms with van der Waals surface area (Å²) < 4.78 is 0. The van der Waals surface area contributed by atoms with Crippen LogP contribution in [0.5, 0.6) is 0 Å². The number of nitrogens with one attached hydrogen (secondary N) is 2. The Labute approximate surface area is 195 Å². The number of rotatable bonds is 5. The van der Waals surface area contributed by atoms with E-state index in [0.717, 1.165) is 11.1 Å². The number of nitrogens with zero attached hydrogens (tertiary/aromatic N) is 3. The van der Waals surface area contributed by atoms with Gasteiger partial charge < -0.3 is 5.32 Å². The largest absolute Gasteiger partial charge is 0.320 e. The predicted octanol–water partition coefficient (Wildman–Crippen LogP) is 4.92. The SMILES string of the molecule is Cc1ccc(/C=N/NC(=O)c2cc(Cl)ccc2NC(=O)c2cnc3ccccc3n2)cc1C. The fourth-order valence-electron chi connectivity index (χ4n) is 3.14. The zero-order valence-electron chi connectivity index (χ0n) is 18.0. The standard InChI is InChI=1S/C25H20ClN5O2/c1-15-7-8-17(11-16(15)2)13-28-31-24(32)19-12-18(26)9-10-20(19)30-25(33)23-14-27-21-5-3-4-6-22(21)29-23/h3-14H,1-2H3,(H,30,33)(H,31,32)/b28-13+. The van der Waals surface area contributed by atoms with E-state index < -0.39 is 11.8 Å². The summed E-state index contributed by atoms with van der Waals surface area (Å²) in [5.41, 5.74) is 7.48. The molecule has 0 atom stereocenters. The number of halogens is 1. The smallest absolute Gasteiger partial charge is 0.275 e. The van der Waals surface area contributed by atoms with Crippen molar-refractivity contribution >= 4 is 46.4 Å². The summed E-state index contributed by atoms with van der Waals surface area (Å²) in [6.45, 7) is 4.03. The Kier molecular flexibility index (Phi) is 6.42. The van der Waals surface area contributed by atoms with Crippen molar-refractivity contribution in [1.82, 2.24) is 15.4 Å². The van der Waals surface area contributed by atoms with E-state index in [0.29, 0.717) is 16.1 Å². The molecule has 1 aromatic heterocycles. The van der Waals surface area contributed by atoms with Gasteiger partial charge in [-0.3, -0.25) is 14.6 Å². The molecule has 1 heterocycles. The Balaban J connectivity index is 1.52. The molecule has 164 valence electrons. The summed E-state index contributed by atoms with van der Waals surface area (Å²) in [5, 5.41) is 7.09. The molecule has 3 aromatic carbocycles. The van der Waals surface area contributed by atoms with Crippen molar-refractivity contribution in [2.24, 2.45) is 5.10 Å². The first-order valence-electron chi connectivity index (χ1n) is 10.1. The molecule has 7 nitrogen and oxygen atoms in total. The lowest BCUT2D eigenvalue weighted by Crippen LogP contribution is -2.22. The number of anilines is 1. The van der Waals surface area contributed by atoms with Crippen LogP contribution in [0.3, 0.4) is 0 Å². The lowest BCUT2D eigenvalue weighted by molar-refractivity contribution is 0.0956. The number of para-hydroxylation sites is 2. The predicted molar refractivity (Wildman–Crippen MR) is 130 cm³/mol. The lowest BCUT2D eigenvalue weighted by atomic mass is 10.1. The Morgan fingerprint density at radius 1 is 0.939 bits per heavy atom. The maximum atomic E-state index is 12.8. The van der Waals surface area contributed by atoms with Crippen LogP contribution in [-0.2, 0) is 0 Å². The van der Waals surface area contributed by atoms with Crippen LogP contribution in [0.25, 0.3) is 11.0 Å². The monoisotopic (exact) mass is 457 g/mol. The topological polar surface area (TPSA) is 96.3 Å². The second-order valence-electron chi connectivity index (χ2n) is 7.43. The maximum Gasteiger partial charge on any atom is 0.275 e. The van der Waals surface area contributed by atoms with Gasteiger partial charge in [0, 0.05) is 5.02 Å². The normalized spacial score (nSPS) is 11.0. The molecule has 0 unspecified atom stereocenters. The van der Waals surface area contributed by atoms with Crippen molar-refractivity contribution in [2.45, 2.75) is 13.8 Å². The number of hydrogen-bond acceptors (Lipinski definition) is 5. The summed E-state index contributed by atoms with van der Waals surface area (Å²) in [7, 11) is 0. The van der Waals surface area contributed by atoms with Gasteiger partial charge in [0.1, 0.15) is 5.69 Å². The van der Waals surface area contributed by atoms with Crippen molar-refractivity contribution in [3.05, 3.63) is 99.8 Å². The van der Waals surface area contributed by atoms with E-state index in [2.05, 4.69) is 25.8 Å². The second kappa shape index (κ2) is 9.58. The molecule has 0 aliphatic heterocycles. The van der Waals surface area contributed by atoms with Gasteiger partial charge in [0.05, 0.1) is 34.7 Å². The minimum atomic E-state index is -0.516. The Morgan fingerprint density at radius 3 is 2.52 bits per heavy atom. The van der Waals surface area contributed by atoms with Crippen LogP contribution in [0, 0.1) is 13.8 Å². The minimum absolute atomic E-state index is 0.128. The number of hydrazone groups is 1. The summed E-state index contributed by atoms with van der Waals surface area (Å²) in [6.07, 6.45) is 2.94. The highest BCUT2D eigenvalue weighted by Gasteiger charge is 2.16. The third-order valence-corrected chi connectivity index (χ3v) is 5.30. The van der Waals surface area contributed by atoms with Gasteiger partial charge in [-0.05, 0) is 60.9 Å². The highest BCUT2D eigenvalue weighted by atomic mass is 35.5. The fourth-order valence-corrected chi connectivity index (χ4v) is 3.31. The fraction of sp³-hybridized carbons (Fsp3) is 0.0800. The number of hydrogen-bond donors (Lipinski definition) is 2. The second-order valence-corrected chi connectivity index (χ2v) is 7.87. The van der Waals surface area contributed by atoms with E-state index in [4.69, 9.17) is 11.6 Å². The van der Waals surface area contributed by atoms with Gasteiger partial charge in [0.2, 0.25) is 0 Å². The van der Waals surface area contributed by atoms with E-state index in [9.17, 15) is 9.59 Å². The molecule has 2 amide bonds. The quantitative estimate of drug-likeness (QED) is 0.328. The highest BCUT2D eigenvalue weighted by molar-refractivity contribution is 6.31. The van der Waals surface area contributed by atoms with E-state index in [1.165, 1.54) is 17.8 Å². The van der Waals surface area contributed by atoms with Gasteiger partial charge in [0.15, 0.2) is 0 Å². The van der Waals surface area contributed by atoms with Crippen molar-refractivity contribution in [3.63, 3.8) is 0 Å². The number of carbonyl (C=O) groups excluding carboxylic acids is 2. The minimum Gasteiger partial charge on any atom is -0.320 e. The molecule has 33 heavy (non-hydrogen) atoms. The van der Waals surface area contributed by atoms with Crippen LogP contribution in [0.4, 0.5) is 5.69 Å². The van der Waals surface area contributed by atoms with Crippen LogP contribution in [0.15, 0.2) is 72.0 Å². The Morgan fingerprint density at radius 2 is 1.73 bits per heavy atom. The summed E-state index contributed by atoms with van der Waals surface area (Å²) >= 11 is 6.09. The molecular formula is C25H20ClN5O2. The van der Waals surface area contributed by atoms with Gasteiger partial charge >= 0.3 is 0 Å². The van der Waals surface area contributed by atoms with Crippen molar-refractivity contribution < 1.29 is 9.59 Å². The first-order valence-corrected chi connectivity index (χ1v) is 10.5. The number of aromatic nitrogens is 2. The van der Waals surface area contributed by atoms with Crippen molar-refractivity contribution in [1.29, 1.82) is 0 Å². The zero-order valence-corrected chi connectivity index (χ0v) is 18.7. The van der Waals surface area contributed by atoms with E-state index in [1.54, 1.807) is 24.4 Å². The molecule has 0 radical (unpaired) electrons. The van der Waals surface area contributed by atoms with Gasteiger partial charge in [-0.15, -0.1) is 0 Å². The van der Waals surface area contributed by atoms with Crippen LogP contribution in [0.1, 0.15) is 37.5 Å². The molecule has 8 heteroatoms. The van der Waals surface area contributed by atoms with E-state index >= 15 is 0 Å². The van der Waals surface area contributed by atoms with Crippen LogP contribution >= 0.6 is 11.6 Å². The van der Waals surface area contributed by atoms with Gasteiger partial charge in [-0.25, -0.2) is 10.4 Å². The number of fused-ring (bicyclic) bond motifs is 1. The Bertz CT molecular complexity index is 1400. The third-order valence-electron chi connectivity index (χ3n) is 5.07. The number of carbonyl (C=O) groups is 2. The molecule has 0 aliphatic carbocycles. The van der Waals surface area contributed by atoms with Crippen LogP contribution in [0.2, 0.25) is 5.02 Å². The summed E-state index contributed by atoms with van der Waals surface area (Å²) in [6, 6.07) is 17.7. The van der Waals surface area contributed by atoms with Gasteiger partial charge in [-0.2, -0.15) is 5.10 Å². The Hall–Kier alpha value is -4.10. The molecule has 0 aliphatic rings. The van der Waals surface area contributed by atoms with E-state index in [-0.39, 0.29) is 16.9 Å². The molecule has 0 spiro atoms. The van der Waals surface area contributed by atoms with Crippen molar-refractivity contribution in [2.75, 3.05) is 5.32 Å². The highest BCUT2D eigenvalue weighted by Crippen LogP contribution is 2.22. The third kappa shape index (κ3) is 5.22. The first kappa shape index (κ1) is 22.1. The first-order chi connectivity index (χ1) is 15.9. The summed E-state index contributed by atoms with van der Waals surface area (Å²) in [4.78, 5) is 34.1. The molecule has 0 bridgehead atoms. The number of aryl methyl sites for hydroxylation is 2. The van der Waals surface area contributed by atoms with Crippen LogP contribution in [-0.4, -0.2) is 28.0 Å². The van der Waals surface area contributed by atoms with Gasteiger partial charge in [0.25, 0.3) is 11.8 Å². The number of benzene rings is 3. The molecule has 4 aromatic rings. The maximum absolute atomic E-state index is 12.8. The van der Waals surface area contributed by atoms with Crippen LogP contribution < -0.4 is 10.7 Å². The van der Waals surface area contributed by atoms with E-state index in [1.807, 2.05) is 50.2 Å². The average molecular weight is 458 g/mol. The molecule has 0 saturated carbocycles. The molecule has 0 fully saturated rings. The molecule has 2 N–H and O–H groups in total. The average Bonchev–Trinajstić information content (AvgIpc) is 2.82.